The lowest BCUT2D eigenvalue weighted by Gasteiger charge is -2.16. The van der Waals surface area contributed by atoms with Crippen LogP contribution in [0.15, 0.2) is 0 Å². The summed E-state index contributed by atoms with van der Waals surface area (Å²) < 4.78 is 0. The summed E-state index contributed by atoms with van der Waals surface area (Å²) in [5, 5.41) is 2.63. The van der Waals surface area contributed by atoms with E-state index in [1.165, 1.54) is 0 Å². The first-order chi connectivity index (χ1) is 4.85. The minimum absolute atomic E-state index is 0.740. The first-order valence-corrected chi connectivity index (χ1v) is 3.74. The number of carbonyl (C=O) groups excluding carboxylic acids is 1. The van der Waals surface area contributed by atoms with Gasteiger partial charge in [0, 0.05) is 13.1 Å². The molecule has 0 rings (SSSR count). The van der Waals surface area contributed by atoms with Gasteiger partial charge in [-0.2, -0.15) is 0 Å². The third kappa shape index (κ3) is 4.32. The molecule has 0 bridgehead atoms. The Morgan fingerprint density at radius 3 is 2.40 bits per heavy atom. The molecule has 0 aliphatic heterocycles. The summed E-state index contributed by atoms with van der Waals surface area (Å²) in [6.07, 6.45) is 0.740. The molecule has 0 aromatic carbocycles. The van der Waals surface area contributed by atoms with Crippen molar-refractivity contribution in [2.24, 2.45) is 0 Å². The highest BCUT2D eigenvalue weighted by molar-refractivity contribution is 5.45. The van der Waals surface area contributed by atoms with Gasteiger partial charge < -0.3 is 10.2 Å². The fourth-order valence-corrected chi connectivity index (χ4v) is 0.821. The summed E-state index contributed by atoms with van der Waals surface area (Å²) in [4.78, 5) is 12.1. The van der Waals surface area contributed by atoms with Crippen LogP contribution in [0.2, 0.25) is 0 Å². The lowest BCUT2D eigenvalue weighted by atomic mass is 10.5. The molecule has 0 saturated carbocycles. The Balaban J connectivity index is 3.16. The van der Waals surface area contributed by atoms with Crippen LogP contribution in [-0.2, 0) is 4.79 Å². The van der Waals surface area contributed by atoms with E-state index in [4.69, 9.17) is 0 Å². The van der Waals surface area contributed by atoms with E-state index in [9.17, 15) is 4.79 Å². The van der Waals surface area contributed by atoms with Crippen molar-refractivity contribution in [1.82, 2.24) is 10.2 Å². The molecule has 0 aromatic rings. The monoisotopic (exact) mass is 144 g/mol. The van der Waals surface area contributed by atoms with Crippen LogP contribution >= 0.6 is 0 Å². The van der Waals surface area contributed by atoms with E-state index < -0.39 is 0 Å². The van der Waals surface area contributed by atoms with E-state index in [-0.39, 0.29) is 0 Å². The van der Waals surface area contributed by atoms with E-state index in [0.29, 0.717) is 0 Å². The number of nitrogens with one attached hydrogen (secondary N) is 1. The topological polar surface area (TPSA) is 32.3 Å². The van der Waals surface area contributed by atoms with Gasteiger partial charge in [0.05, 0.1) is 0 Å². The van der Waals surface area contributed by atoms with Gasteiger partial charge in [0.25, 0.3) is 0 Å². The van der Waals surface area contributed by atoms with Gasteiger partial charge in [-0.15, -0.1) is 0 Å². The molecule has 1 amide bonds. The van der Waals surface area contributed by atoms with Gasteiger partial charge in [0.2, 0.25) is 6.41 Å². The number of hydrogen-bond acceptors (Lipinski definition) is 2. The zero-order valence-corrected chi connectivity index (χ0v) is 6.76. The molecule has 1 N–H and O–H groups in total. The normalized spacial score (nSPS) is 9.90. The molecule has 0 spiro atoms. The van der Waals surface area contributed by atoms with E-state index in [2.05, 4.69) is 24.1 Å². The maximum Gasteiger partial charge on any atom is 0.207 e. The molecular formula is C7H16N2O. The highest BCUT2D eigenvalue weighted by atomic mass is 16.1. The number of nitrogens with zero attached hydrogens (tertiary/aromatic N) is 1. The second kappa shape index (κ2) is 6.55. The van der Waals surface area contributed by atoms with Gasteiger partial charge in [-0.1, -0.05) is 13.8 Å². The standard InChI is InChI=1S/C7H16N2O/c1-3-9(4-2)6-5-8-7-10/h7H,3-6H2,1-2H3,(H,8,10). The van der Waals surface area contributed by atoms with Crippen molar-refractivity contribution in [1.29, 1.82) is 0 Å². The van der Waals surface area contributed by atoms with Gasteiger partial charge in [-0.3, -0.25) is 4.79 Å². The summed E-state index contributed by atoms with van der Waals surface area (Å²) in [7, 11) is 0. The quantitative estimate of drug-likeness (QED) is 0.423. The highest BCUT2D eigenvalue weighted by Crippen LogP contribution is 1.82. The summed E-state index contributed by atoms with van der Waals surface area (Å²) in [6, 6.07) is 0. The van der Waals surface area contributed by atoms with Gasteiger partial charge in [-0.05, 0) is 13.1 Å². The average Bonchev–Trinajstić information content (AvgIpc) is 1.99. The average molecular weight is 144 g/mol. The number of carbonyl (C=O) groups is 1. The predicted octanol–water partition coefficient (Wildman–Crippen LogP) is 0.0742. The van der Waals surface area contributed by atoms with Crippen LogP contribution in [-0.4, -0.2) is 37.5 Å². The Hall–Kier alpha value is -0.570. The first-order valence-electron chi connectivity index (χ1n) is 3.74. The lowest BCUT2D eigenvalue weighted by Crippen LogP contribution is -2.31. The molecule has 0 aromatic heterocycles. The minimum atomic E-state index is 0.740. The highest BCUT2D eigenvalue weighted by Gasteiger charge is 1.95. The molecule has 3 nitrogen and oxygen atoms in total. The molecule has 0 unspecified atom stereocenters. The second-order valence-corrected chi connectivity index (χ2v) is 2.10. The Labute approximate surface area is 62.4 Å². The Morgan fingerprint density at radius 1 is 1.40 bits per heavy atom. The maximum atomic E-state index is 9.83. The number of hydrogen-bond donors (Lipinski definition) is 1. The molecule has 0 radical (unpaired) electrons. The maximum absolute atomic E-state index is 9.83. The van der Waals surface area contributed by atoms with Crippen molar-refractivity contribution < 1.29 is 4.79 Å². The predicted molar refractivity (Wildman–Crippen MR) is 41.9 cm³/mol. The first kappa shape index (κ1) is 9.43. The largest absolute Gasteiger partial charge is 0.357 e. The summed E-state index contributed by atoms with van der Waals surface area (Å²) in [5.41, 5.74) is 0. The smallest absolute Gasteiger partial charge is 0.207 e. The molecule has 60 valence electrons. The zero-order valence-electron chi connectivity index (χ0n) is 6.76. The van der Waals surface area contributed by atoms with Crippen LogP contribution in [0, 0.1) is 0 Å². The molecule has 3 heteroatoms. The van der Waals surface area contributed by atoms with Crippen molar-refractivity contribution in [3.05, 3.63) is 0 Å². The van der Waals surface area contributed by atoms with Crippen LogP contribution < -0.4 is 5.32 Å². The number of rotatable bonds is 6. The zero-order chi connectivity index (χ0) is 7.82. The summed E-state index contributed by atoms with van der Waals surface area (Å²) >= 11 is 0. The van der Waals surface area contributed by atoms with Crippen LogP contribution in [0.5, 0.6) is 0 Å². The molecule has 0 heterocycles. The van der Waals surface area contributed by atoms with Crippen molar-refractivity contribution in [2.75, 3.05) is 26.2 Å². The van der Waals surface area contributed by atoms with Gasteiger partial charge >= 0.3 is 0 Å². The third-order valence-electron chi connectivity index (χ3n) is 1.55. The van der Waals surface area contributed by atoms with Crippen molar-refractivity contribution in [3.8, 4) is 0 Å². The van der Waals surface area contributed by atoms with Gasteiger partial charge in [-0.25, -0.2) is 0 Å². The Kier molecular flexibility index (Phi) is 6.18. The van der Waals surface area contributed by atoms with E-state index in [0.717, 1.165) is 32.6 Å². The van der Waals surface area contributed by atoms with Crippen LogP contribution in [0.4, 0.5) is 0 Å². The Bertz CT molecular complexity index is 81.7. The molecular weight excluding hydrogens is 128 g/mol. The van der Waals surface area contributed by atoms with E-state index in [1.807, 2.05) is 0 Å². The molecule has 0 fully saturated rings. The molecule has 10 heavy (non-hydrogen) atoms. The fraction of sp³-hybridized carbons (Fsp3) is 0.857. The second-order valence-electron chi connectivity index (χ2n) is 2.10. The SMILES string of the molecule is CCN(CC)CCNC=O. The minimum Gasteiger partial charge on any atom is -0.357 e. The molecule has 0 saturated heterocycles. The number of likely N-dealkylation sites (N-methyl/N-ethyl adjacent to an activating group) is 1. The summed E-state index contributed by atoms with van der Waals surface area (Å²) in [5.74, 6) is 0. The van der Waals surface area contributed by atoms with E-state index >= 15 is 0 Å². The van der Waals surface area contributed by atoms with E-state index in [1.54, 1.807) is 0 Å². The van der Waals surface area contributed by atoms with Crippen molar-refractivity contribution in [2.45, 2.75) is 13.8 Å². The fourth-order valence-electron chi connectivity index (χ4n) is 0.821. The van der Waals surface area contributed by atoms with Crippen LogP contribution in [0.1, 0.15) is 13.8 Å². The van der Waals surface area contributed by atoms with Crippen molar-refractivity contribution in [3.63, 3.8) is 0 Å². The van der Waals surface area contributed by atoms with Gasteiger partial charge in [0.15, 0.2) is 0 Å². The van der Waals surface area contributed by atoms with Crippen LogP contribution in [0.3, 0.4) is 0 Å². The van der Waals surface area contributed by atoms with Crippen molar-refractivity contribution >= 4 is 6.41 Å². The van der Waals surface area contributed by atoms with Crippen LogP contribution in [0.25, 0.3) is 0 Å². The Morgan fingerprint density at radius 2 is 2.00 bits per heavy atom. The molecule has 0 aliphatic rings. The summed E-state index contributed by atoms with van der Waals surface area (Å²) in [6.45, 7) is 8.04. The number of amides is 1. The third-order valence-corrected chi connectivity index (χ3v) is 1.55. The lowest BCUT2D eigenvalue weighted by molar-refractivity contribution is -0.109. The molecule has 0 atom stereocenters. The molecule has 0 aliphatic carbocycles. The van der Waals surface area contributed by atoms with Gasteiger partial charge in [0.1, 0.15) is 0 Å².